The average molecular weight is 209 g/mol. The first-order valence-electron chi connectivity index (χ1n) is 4.70. The SMILES string of the molecule is Cc1cc(C(CN)C(=O)O)cc(C)c1O. The number of phenolic OH excluding ortho intramolecular Hbond substituents is 1. The summed E-state index contributed by atoms with van der Waals surface area (Å²) in [5.74, 6) is -1.44. The molecule has 0 aliphatic rings. The van der Waals surface area contributed by atoms with Gasteiger partial charge in [-0.05, 0) is 30.5 Å². The van der Waals surface area contributed by atoms with Crippen LogP contribution >= 0.6 is 0 Å². The van der Waals surface area contributed by atoms with Crippen LogP contribution in [0.15, 0.2) is 12.1 Å². The van der Waals surface area contributed by atoms with Gasteiger partial charge < -0.3 is 15.9 Å². The summed E-state index contributed by atoms with van der Waals surface area (Å²) < 4.78 is 0. The summed E-state index contributed by atoms with van der Waals surface area (Å²) in [6.07, 6.45) is 0. The quantitative estimate of drug-likeness (QED) is 0.697. The Morgan fingerprint density at radius 3 is 2.20 bits per heavy atom. The molecule has 1 rings (SSSR count). The van der Waals surface area contributed by atoms with Gasteiger partial charge >= 0.3 is 5.97 Å². The number of hydrogen-bond acceptors (Lipinski definition) is 3. The lowest BCUT2D eigenvalue weighted by Gasteiger charge is -2.13. The van der Waals surface area contributed by atoms with Crippen LogP contribution in [0, 0.1) is 13.8 Å². The largest absolute Gasteiger partial charge is 0.507 e. The number of phenols is 1. The third-order valence-electron chi connectivity index (χ3n) is 2.45. The molecule has 0 amide bonds. The van der Waals surface area contributed by atoms with Crippen LogP contribution in [-0.4, -0.2) is 22.7 Å². The predicted molar refractivity (Wildman–Crippen MR) is 57.0 cm³/mol. The first-order chi connectivity index (χ1) is 6.97. The van der Waals surface area contributed by atoms with Gasteiger partial charge in [-0.3, -0.25) is 4.79 Å². The van der Waals surface area contributed by atoms with Crippen LogP contribution < -0.4 is 5.73 Å². The number of carboxylic acids is 1. The summed E-state index contributed by atoms with van der Waals surface area (Å²) in [4.78, 5) is 10.9. The van der Waals surface area contributed by atoms with Crippen molar-refractivity contribution in [2.45, 2.75) is 19.8 Å². The topological polar surface area (TPSA) is 83.6 Å². The Hall–Kier alpha value is -1.55. The van der Waals surface area contributed by atoms with E-state index in [0.29, 0.717) is 16.7 Å². The Morgan fingerprint density at radius 1 is 1.40 bits per heavy atom. The molecule has 15 heavy (non-hydrogen) atoms. The molecule has 4 nitrogen and oxygen atoms in total. The second-order valence-corrected chi connectivity index (χ2v) is 3.63. The highest BCUT2D eigenvalue weighted by Crippen LogP contribution is 2.26. The number of carboxylic acid groups (broad SMARTS) is 1. The number of aliphatic carboxylic acids is 1. The standard InChI is InChI=1S/C11H15NO3/c1-6-3-8(4-7(2)10(6)13)9(5-12)11(14)15/h3-4,9,13H,5,12H2,1-2H3,(H,14,15). The van der Waals surface area contributed by atoms with Crippen LogP contribution in [0.4, 0.5) is 0 Å². The van der Waals surface area contributed by atoms with Gasteiger partial charge in [0.25, 0.3) is 0 Å². The van der Waals surface area contributed by atoms with Gasteiger partial charge in [0.15, 0.2) is 0 Å². The van der Waals surface area contributed by atoms with Gasteiger partial charge in [0, 0.05) is 6.54 Å². The molecule has 1 aromatic carbocycles. The maximum absolute atomic E-state index is 10.9. The summed E-state index contributed by atoms with van der Waals surface area (Å²) in [7, 11) is 0. The molecule has 0 saturated heterocycles. The average Bonchev–Trinajstić information content (AvgIpc) is 2.14. The smallest absolute Gasteiger partial charge is 0.312 e. The molecule has 0 heterocycles. The zero-order chi connectivity index (χ0) is 11.6. The first kappa shape index (κ1) is 11.5. The number of rotatable bonds is 3. The Labute approximate surface area is 88.3 Å². The van der Waals surface area contributed by atoms with Crippen LogP contribution in [0.3, 0.4) is 0 Å². The van der Waals surface area contributed by atoms with Gasteiger partial charge in [0.1, 0.15) is 5.75 Å². The summed E-state index contributed by atoms with van der Waals surface area (Å²) in [5.41, 5.74) is 7.38. The molecule has 4 N–H and O–H groups in total. The summed E-state index contributed by atoms with van der Waals surface area (Å²) in [6, 6.07) is 3.32. The van der Waals surface area contributed by atoms with Crippen molar-refractivity contribution in [1.29, 1.82) is 0 Å². The fourth-order valence-electron chi connectivity index (χ4n) is 1.57. The molecule has 1 atom stereocenters. The lowest BCUT2D eigenvalue weighted by Crippen LogP contribution is -2.21. The second kappa shape index (κ2) is 4.31. The first-order valence-corrected chi connectivity index (χ1v) is 4.70. The lowest BCUT2D eigenvalue weighted by molar-refractivity contribution is -0.138. The number of aryl methyl sites for hydroxylation is 2. The molecule has 0 spiro atoms. The second-order valence-electron chi connectivity index (χ2n) is 3.63. The number of nitrogens with two attached hydrogens (primary N) is 1. The van der Waals surface area contributed by atoms with E-state index in [2.05, 4.69) is 0 Å². The monoisotopic (exact) mass is 209 g/mol. The minimum atomic E-state index is -0.943. The normalized spacial score (nSPS) is 12.5. The third-order valence-corrected chi connectivity index (χ3v) is 2.45. The van der Waals surface area contributed by atoms with Crippen molar-refractivity contribution in [2.75, 3.05) is 6.54 Å². The molecule has 0 aromatic heterocycles. The summed E-state index contributed by atoms with van der Waals surface area (Å²) in [5, 5.41) is 18.5. The van der Waals surface area contributed by atoms with Gasteiger partial charge in [-0.25, -0.2) is 0 Å². The zero-order valence-electron chi connectivity index (χ0n) is 8.82. The van der Waals surface area contributed by atoms with E-state index in [1.54, 1.807) is 26.0 Å². The number of benzene rings is 1. The molecule has 4 heteroatoms. The van der Waals surface area contributed by atoms with Crippen LogP contribution in [0.2, 0.25) is 0 Å². The highest BCUT2D eigenvalue weighted by Gasteiger charge is 2.19. The fraction of sp³-hybridized carbons (Fsp3) is 0.364. The van der Waals surface area contributed by atoms with Gasteiger partial charge in [-0.15, -0.1) is 0 Å². The van der Waals surface area contributed by atoms with E-state index in [0.717, 1.165) is 0 Å². The molecule has 0 aliphatic heterocycles. The van der Waals surface area contributed by atoms with Crippen molar-refractivity contribution < 1.29 is 15.0 Å². The van der Waals surface area contributed by atoms with Crippen LogP contribution in [0.25, 0.3) is 0 Å². The number of carbonyl (C=O) groups is 1. The maximum atomic E-state index is 10.9. The van der Waals surface area contributed by atoms with E-state index in [4.69, 9.17) is 10.8 Å². The minimum Gasteiger partial charge on any atom is -0.507 e. The molecule has 1 unspecified atom stereocenters. The van der Waals surface area contributed by atoms with Crippen molar-refractivity contribution in [3.8, 4) is 5.75 Å². The van der Waals surface area contributed by atoms with E-state index >= 15 is 0 Å². The Kier molecular flexibility index (Phi) is 3.31. The molecule has 1 aromatic rings. The van der Waals surface area contributed by atoms with Crippen molar-refractivity contribution in [2.24, 2.45) is 5.73 Å². The molecular weight excluding hydrogens is 194 g/mol. The zero-order valence-corrected chi connectivity index (χ0v) is 8.82. The van der Waals surface area contributed by atoms with Gasteiger partial charge in [0.05, 0.1) is 5.92 Å². The molecule has 0 fully saturated rings. The van der Waals surface area contributed by atoms with Crippen LogP contribution in [0.5, 0.6) is 5.75 Å². The van der Waals surface area contributed by atoms with E-state index in [-0.39, 0.29) is 12.3 Å². The molecule has 0 bridgehead atoms. The van der Waals surface area contributed by atoms with Crippen LogP contribution in [0.1, 0.15) is 22.6 Å². The minimum absolute atomic E-state index is 0.0546. The van der Waals surface area contributed by atoms with Crippen molar-refractivity contribution in [3.05, 3.63) is 28.8 Å². The van der Waals surface area contributed by atoms with Crippen molar-refractivity contribution >= 4 is 5.97 Å². The van der Waals surface area contributed by atoms with E-state index in [1.807, 2.05) is 0 Å². The highest BCUT2D eigenvalue weighted by molar-refractivity contribution is 5.76. The van der Waals surface area contributed by atoms with Gasteiger partial charge in [-0.2, -0.15) is 0 Å². The highest BCUT2D eigenvalue weighted by atomic mass is 16.4. The molecular formula is C11H15NO3. The predicted octanol–water partition coefficient (Wildman–Crippen LogP) is 1.14. The Morgan fingerprint density at radius 2 is 1.87 bits per heavy atom. The van der Waals surface area contributed by atoms with Crippen LogP contribution in [-0.2, 0) is 4.79 Å². The summed E-state index contributed by atoms with van der Waals surface area (Å²) in [6.45, 7) is 3.53. The van der Waals surface area contributed by atoms with E-state index in [1.165, 1.54) is 0 Å². The maximum Gasteiger partial charge on any atom is 0.312 e. The van der Waals surface area contributed by atoms with Gasteiger partial charge in [-0.1, -0.05) is 12.1 Å². The van der Waals surface area contributed by atoms with Gasteiger partial charge in [0.2, 0.25) is 0 Å². The molecule has 0 aliphatic carbocycles. The fourth-order valence-corrected chi connectivity index (χ4v) is 1.57. The third kappa shape index (κ3) is 2.27. The van der Waals surface area contributed by atoms with Crippen molar-refractivity contribution in [3.63, 3.8) is 0 Å². The Bertz CT molecular complexity index is 364. The molecule has 82 valence electrons. The molecule has 0 saturated carbocycles. The summed E-state index contributed by atoms with van der Waals surface area (Å²) >= 11 is 0. The lowest BCUT2D eigenvalue weighted by atomic mass is 9.95. The number of hydrogen-bond donors (Lipinski definition) is 3. The Balaban J connectivity index is 3.20. The van der Waals surface area contributed by atoms with Crippen molar-refractivity contribution in [1.82, 2.24) is 0 Å². The number of aromatic hydroxyl groups is 1. The molecule has 0 radical (unpaired) electrons. The van der Waals surface area contributed by atoms with E-state index < -0.39 is 11.9 Å². The van der Waals surface area contributed by atoms with E-state index in [9.17, 15) is 9.90 Å².